The van der Waals surface area contributed by atoms with Gasteiger partial charge >= 0.3 is 0 Å². The number of rotatable bonds is 2. The van der Waals surface area contributed by atoms with E-state index in [0.29, 0.717) is 5.41 Å². The van der Waals surface area contributed by atoms with E-state index < -0.39 is 0 Å². The lowest BCUT2D eigenvalue weighted by Crippen LogP contribution is -2.60. The summed E-state index contributed by atoms with van der Waals surface area (Å²) >= 11 is 0. The number of hydrogen-bond acceptors (Lipinski definition) is 2. The molecule has 2 nitrogen and oxygen atoms in total. The summed E-state index contributed by atoms with van der Waals surface area (Å²) in [5.41, 5.74) is 0.515. The third kappa shape index (κ3) is 2.60. The first kappa shape index (κ1) is 12.4. The fraction of sp³-hybridized carbons (Fsp3) is 1.00. The van der Waals surface area contributed by atoms with Gasteiger partial charge in [0.05, 0.1) is 0 Å². The first-order valence-corrected chi connectivity index (χ1v) is 6.97. The van der Waals surface area contributed by atoms with Crippen molar-refractivity contribution in [1.29, 1.82) is 0 Å². The Kier molecular flexibility index (Phi) is 3.60. The predicted octanol–water partition coefficient (Wildman–Crippen LogP) is 2.45. The fourth-order valence-electron chi connectivity index (χ4n) is 3.16. The third-order valence-electron chi connectivity index (χ3n) is 4.66. The van der Waals surface area contributed by atoms with Crippen molar-refractivity contribution in [2.24, 2.45) is 11.3 Å². The van der Waals surface area contributed by atoms with Crippen molar-refractivity contribution in [2.45, 2.75) is 46.6 Å². The molecule has 0 saturated carbocycles. The molecule has 0 unspecified atom stereocenters. The summed E-state index contributed by atoms with van der Waals surface area (Å²) in [6, 6.07) is 0.876. The van der Waals surface area contributed by atoms with Crippen LogP contribution in [0.15, 0.2) is 0 Å². The molecule has 0 aromatic carbocycles. The smallest absolute Gasteiger partial charge is 0.0350 e. The summed E-state index contributed by atoms with van der Waals surface area (Å²) in [4.78, 5) is 5.27. The van der Waals surface area contributed by atoms with Gasteiger partial charge in [0.1, 0.15) is 0 Å². The molecule has 0 aliphatic carbocycles. The molecule has 0 bridgehead atoms. The second-order valence-electron chi connectivity index (χ2n) is 6.68. The highest BCUT2D eigenvalue weighted by molar-refractivity contribution is 4.91. The van der Waals surface area contributed by atoms with Gasteiger partial charge in [-0.25, -0.2) is 0 Å². The first-order valence-electron chi connectivity index (χ1n) is 6.97. The number of likely N-dealkylation sites (tertiary alicyclic amines) is 2. The molecule has 0 radical (unpaired) electrons. The first-order chi connectivity index (χ1) is 7.50. The Bertz CT molecular complexity index is 217. The van der Waals surface area contributed by atoms with Gasteiger partial charge in [-0.15, -0.1) is 0 Å². The number of hydrogen-bond donors (Lipinski definition) is 0. The SMILES string of the molecule is CCN1CC(N2CCC(C(C)(C)C)CC2)C1. The second kappa shape index (κ2) is 4.66. The highest BCUT2D eigenvalue weighted by Gasteiger charge is 2.35. The van der Waals surface area contributed by atoms with E-state index in [-0.39, 0.29) is 0 Å². The van der Waals surface area contributed by atoms with Crippen molar-refractivity contribution >= 4 is 0 Å². The average molecular weight is 224 g/mol. The monoisotopic (exact) mass is 224 g/mol. The maximum Gasteiger partial charge on any atom is 0.0350 e. The van der Waals surface area contributed by atoms with Crippen LogP contribution < -0.4 is 0 Å². The van der Waals surface area contributed by atoms with E-state index in [2.05, 4.69) is 37.5 Å². The minimum atomic E-state index is 0.515. The largest absolute Gasteiger partial charge is 0.300 e. The minimum Gasteiger partial charge on any atom is -0.300 e. The Balaban J connectivity index is 1.74. The standard InChI is InChI=1S/C14H28N2/c1-5-15-10-13(11-15)16-8-6-12(7-9-16)14(2,3)4/h12-13H,5-11H2,1-4H3. The zero-order valence-electron chi connectivity index (χ0n) is 11.5. The lowest BCUT2D eigenvalue weighted by Gasteiger charge is -2.48. The summed E-state index contributed by atoms with van der Waals surface area (Å²) in [5, 5.41) is 0. The van der Waals surface area contributed by atoms with E-state index in [1.165, 1.54) is 45.6 Å². The van der Waals surface area contributed by atoms with Crippen LogP contribution in [0.5, 0.6) is 0 Å². The highest BCUT2D eigenvalue weighted by atomic mass is 15.3. The lowest BCUT2D eigenvalue weighted by molar-refractivity contribution is 0.00423. The van der Waals surface area contributed by atoms with Gasteiger partial charge in [0.2, 0.25) is 0 Å². The number of piperidine rings is 1. The Morgan fingerprint density at radius 2 is 1.62 bits per heavy atom. The molecule has 2 heterocycles. The molecule has 0 aromatic rings. The van der Waals surface area contributed by atoms with Crippen LogP contribution in [0.4, 0.5) is 0 Å². The van der Waals surface area contributed by atoms with Crippen LogP contribution in [0.3, 0.4) is 0 Å². The van der Waals surface area contributed by atoms with Crippen LogP contribution in [-0.2, 0) is 0 Å². The van der Waals surface area contributed by atoms with Crippen molar-refractivity contribution in [2.75, 3.05) is 32.7 Å². The lowest BCUT2D eigenvalue weighted by atomic mass is 9.75. The molecular formula is C14H28N2. The van der Waals surface area contributed by atoms with Gasteiger partial charge < -0.3 is 4.90 Å². The van der Waals surface area contributed by atoms with Gasteiger partial charge in [-0.2, -0.15) is 0 Å². The summed E-state index contributed by atoms with van der Waals surface area (Å²) in [6.45, 7) is 16.0. The van der Waals surface area contributed by atoms with Crippen molar-refractivity contribution in [1.82, 2.24) is 9.80 Å². The molecule has 16 heavy (non-hydrogen) atoms. The summed E-state index contributed by atoms with van der Waals surface area (Å²) < 4.78 is 0. The minimum absolute atomic E-state index is 0.515. The zero-order valence-corrected chi connectivity index (χ0v) is 11.5. The molecule has 94 valence electrons. The molecular weight excluding hydrogens is 196 g/mol. The molecule has 2 heteroatoms. The van der Waals surface area contributed by atoms with Crippen LogP contribution in [0.25, 0.3) is 0 Å². The molecule has 2 aliphatic rings. The Hall–Kier alpha value is -0.0800. The zero-order chi connectivity index (χ0) is 11.8. The molecule has 0 spiro atoms. The maximum atomic E-state index is 2.73. The molecule has 0 N–H and O–H groups in total. The van der Waals surface area contributed by atoms with Crippen LogP contribution in [0, 0.1) is 11.3 Å². The second-order valence-corrected chi connectivity index (χ2v) is 6.68. The Morgan fingerprint density at radius 1 is 1.06 bits per heavy atom. The van der Waals surface area contributed by atoms with Crippen LogP contribution in [-0.4, -0.2) is 48.6 Å². The summed E-state index contributed by atoms with van der Waals surface area (Å²) in [7, 11) is 0. The maximum absolute atomic E-state index is 2.73. The van der Waals surface area contributed by atoms with Crippen molar-refractivity contribution in [3.8, 4) is 0 Å². The Labute approximate surface area is 101 Å². The van der Waals surface area contributed by atoms with Gasteiger partial charge in [-0.05, 0) is 43.8 Å². The van der Waals surface area contributed by atoms with Gasteiger partial charge in [0, 0.05) is 19.1 Å². The van der Waals surface area contributed by atoms with Crippen LogP contribution >= 0.6 is 0 Å². The van der Waals surface area contributed by atoms with E-state index in [0.717, 1.165) is 12.0 Å². The van der Waals surface area contributed by atoms with E-state index >= 15 is 0 Å². The molecule has 0 amide bonds. The molecule has 0 atom stereocenters. The summed E-state index contributed by atoms with van der Waals surface area (Å²) in [6.07, 6.45) is 2.82. The fourth-order valence-corrected chi connectivity index (χ4v) is 3.16. The normalized spacial score (nSPS) is 27.0. The Morgan fingerprint density at radius 3 is 2.06 bits per heavy atom. The van der Waals surface area contributed by atoms with E-state index in [9.17, 15) is 0 Å². The van der Waals surface area contributed by atoms with E-state index in [1.807, 2.05) is 0 Å². The van der Waals surface area contributed by atoms with Crippen molar-refractivity contribution in [3.63, 3.8) is 0 Å². The van der Waals surface area contributed by atoms with Gasteiger partial charge in [0.15, 0.2) is 0 Å². The average Bonchev–Trinajstić information content (AvgIpc) is 2.15. The molecule has 2 fully saturated rings. The van der Waals surface area contributed by atoms with Crippen molar-refractivity contribution < 1.29 is 0 Å². The quantitative estimate of drug-likeness (QED) is 0.711. The highest BCUT2D eigenvalue weighted by Crippen LogP contribution is 2.35. The number of likely N-dealkylation sites (N-methyl/N-ethyl adjacent to an activating group) is 1. The van der Waals surface area contributed by atoms with Crippen molar-refractivity contribution in [3.05, 3.63) is 0 Å². The van der Waals surface area contributed by atoms with Gasteiger partial charge in [-0.1, -0.05) is 27.7 Å². The van der Waals surface area contributed by atoms with Crippen LogP contribution in [0.2, 0.25) is 0 Å². The topological polar surface area (TPSA) is 6.48 Å². The van der Waals surface area contributed by atoms with Gasteiger partial charge in [0.25, 0.3) is 0 Å². The third-order valence-corrected chi connectivity index (χ3v) is 4.66. The molecule has 2 saturated heterocycles. The molecule has 0 aromatic heterocycles. The molecule has 2 aliphatic heterocycles. The summed E-state index contributed by atoms with van der Waals surface area (Å²) in [5.74, 6) is 0.936. The number of nitrogens with zero attached hydrogens (tertiary/aromatic N) is 2. The van der Waals surface area contributed by atoms with Crippen LogP contribution in [0.1, 0.15) is 40.5 Å². The predicted molar refractivity (Wildman–Crippen MR) is 69.7 cm³/mol. The van der Waals surface area contributed by atoms with E-state index in [1.54, 1.807) is 0 Å². The molecule has 2 rings (SSSR count). The van der Waals surface area contributed by atoms with E-state index in [4.69, 9.17) is 0 Å². The van der Waals surface area contributed by atoms with Gasteiger partial charge in [-0.3, -0.25) is 4.90 Å².